The van der Waals surface area contributed by atoms with Gasteiger partial charge >= 0.3 is 0 Å². The Morgan fingerprint density at radius 2 is 1.86 bits per heavy atom. The smallest absolute Gasteiger partial charge is 0.283 e. The Kier molecular flexibility index (Phi) is 6.10. The summed E-state index contributed by atoms with van der Waals surface area (Å²) in [6.45, 7) is 2.30. The highest BCUT2D eigenvalue weighted by Gasteiger charge is 2.16. The number of hydrogen-bond acceptors (Lipinski definition) is 9. The van der Waals surface area contributed by atoms with Crippen LogP contribution in [0.2, 0.25) is 0 Å². The predicted octanol–water partition coefficient (Wildman–Crippen LogP) is 2.82. The molecule has 0 N–H and O–H groups in total. The Bertz CT molecular complexity index is 1590. The summed E-state index contributed by atoms with van der Waals surface area (Å²) >= 11 is 0. The van der Waals surface area contributed by atoms with E-state index >= 15 is 0 Å². The topological polar surface area (TPSA) is 123 Å². The molecule has 5 aromatic rings. The van der Waals surface area contributed by atoms with Gasteiger partial charge in [-0.1, -0.05) is 10.4 Å². The number of ether oxygens (including phenoxy) is 2. The van der Waals surface area contributed by atoms with Gasteiger partial charge in [0.05, 0.1) is 20.3 Å². The van der Waals surface area contributed by atoms with Gasteiger partial charge in [-0.25, -0.2) is 18.4 Å². The van der Waals surface area contributed by atoms with Crippen molar-refractivity contribution < 1.29 is 22.8 Å². The first kappa shape index (κ1) is 23.1. The van der Waals surface area contributed by atoms with Crippen LogP contribution >= 0.6 is 0 Å². The van der Waals surface area contributed by atoms with Crippen molar-refractivity contribution >= 4 is 11.2 Å². The molecule has 13 heteroatoms. The quantitative estimate of drug-likeness (QED) is 0.320. The molecule has 3 heterocycles. The first-order valence-corrected chi connectivity index (χ1v) is 10.8. The van der Waals surface area contributed by atoms with Gasteiger partial charge in [0, 0.05) is 11.6 Å². The summed E-state index contributed by atoms with van der Waals surface area (Å²) in [6, 6.07) is 8.36. The summed E-state index contributed by atoms with van der Waals surface area (Å²) in [5, 5.41) is 11.8. The van der Waals surface area contributed by atoms with Crippen LogP contribution in [0.5, 0.6) is 11.5 Å². The molecule has 36 heavy (non-hydrogen) atoms. The summed E-state index contributed by atoms with van der Waals surface area (Å²) in [5.74, 6) is 0.162. The Labute approximate surface area is 201 Å². The minimum atomic E-state index is -0.715. The second-order valence-electron chi connectivity index (χ2n) is 7.68. The zero-order valence-corrected chi connectivity index (χ0v) is 19.2. The lowest BCUT2D eigenvalue weighted by molar-refractivity contribution is 0.311. The van der Waals surface area contributed by atoms with Gasteiger partial charge in [-0.2, -0.15) is 4.98 Å². The molecular formula is C23H19F2N7O4. The zero-order valence-electron chi connectivity index (χ0n) is 19.2. The van der Waals surface area contributed by atoms with E-state index < -0.39 is 17.2 Å². The number of halogens is 2. The molecule has 184 valence electrons. The maximum absolute atomic E-state index is 13.5. The molecule has 0 spiro atoms. The highest BCUT2D eigenvalue weighted by Crippen LogP contribution is 2.31. The van der Waals surface area contributed by atoms with Crippen LogP contribution in [-0.4, -0.2) is 48.4 Å². The SMILES string of the molecule is CCOc1ccc(-c2noc(Cn3cnc4c(nnn4Cc4cc(F)cc(F)c4)c3=O)n2)cc1OC. The number of hydrogen-bond donors (Lipinski definition) is 0. The molecular weight excluding hydrogens is 476 g/mol. The second kappa shape index (κ2) is 9.52. The van der Waals surface area contributed by atoms with Gasteiger partial charge in [0.2, 0.25) is 11.7 Å². The van der Waals surface area contributed by atoms with Gasteiger partial charge in [-0.15, -0.1) is 5.10 Å². The number of aromatic nitrogens is 7. The van der Waals surface area contributed by atoms with E-state index in [2.05, 4.69) is 25.4 Å². The maximum atomic E-state index is 13.5. The second-order valence-corrected chi connectivity index (χ2v) is 7.68. The average molecular weight is 495 g/mol. The van der Waals surface area contributed by atoms with E-state index in [0.29, 0.717) is 35.1 Å². The standard InChI is InChI=1S/C23H19F2N7O4/c1-3-35-17-5-4-14(8-18(17)34-2)21-27-19(36-29-21)11-31-12-26-22-20(23(31)33)28-30-32(22)10-13-6-15(24)9-16(25)7-13/h4-9,12H,3,10-11H2,1-2H3. The maximum Gasteiger partial charge on any atom is 0.283 e. The van der Waals surface area contributed by atoms with Gasteiger partial charge in [0.1, 0.15) is 24.5 Å². The highest BCUT2D eigenvalue weighted by molar-refractivity contribution is 5.67. The number of benzene rings is 2. The Morgan fingerprint density at radius 1 is 1.06 bits per heavy atom. The molecule has 0 unspecified atom stereocenters. The van der Waals surface area contributed by atoms with Gasteiger partial charge < -0.3 is 14.0 Å². The Morgan fingerprint density at radius 3 is 2.61 bits per heavy atom. The fraction of sp³-hybridized carbons (Fsp3) is 0.217. The summed E-state index contributed by atoms with van der Waals surface area (Å²) in [5.41, 5.74) is 0.635. The molecule has 0 fully saturated rings. The third kappa shape index (κ3) is 4.50. The van der Waals surface area contributed by atoms with Gasteiger partial charge in [0.25, 0.3) is 5.56 Å². The van der Waals surface area contributed by atoms with Crippen LogP contribution in [-0.2, 0) is 13.1 Å². The van der Waals surface area contributed by atoms with E-state index in [0.717, 1.165) is 6.07 Å². The fourth-order valence-corrected chi connectivity index (χ4v) is 3.64. The fourth-order valence-electron chi connectivity index (χ4n) is 3.64. The van der Waals surface area contributed by atoms with Crippen LogP contribution in [0.1, 0.15) is 18.4 Å². The highest BCUT2D eigenvalue weighted by atomic mass is 19.1. The lowest BCUT2D eigenvalue weighted by Crippen LogP contribution is -2.21. The molecule has 0 radical (unpaired) electrons. The Balaban J connectivity index is 1.38. The molecule has 0 aliphatic carbocycles. The van der Waals surface area contributed by atoms with E-state index in [9.17, 15) is 13.6 Å². The number of nitrogens with zero attached hydrogens (tertiary/aromatic N) is 7. The van der Waals surface area contributed by atoms with E-state index in [1.165, 1.54) is 34.8 Å². The monoisotopic (exact) mass is 495 g/mol. The molecule has 2 aromatic carbocycles. The molecule has 0 bridgehead atoms. The van der Waals surface area contributed by atoms with E-state index in [1.807, 2.05) is 6.92 Å². The minimum absolute atomic E-state index is 0.00892. The zero-order chi connectivity index (χ0) is 25.2. The third-order valence-corrected chi connectivity index (χ3v) is 5.24. The predicted molar refractivity (Wildman–Crippen MR) is 122 cm³/mol. The summed E-state index contributed by atoms with van der Waals surface area (Å²) in [4.78, 5) is 21.5. The lowest BCUT2D eigenvalue weighted by atomic mass is 10.2. The molecule has 0 saturated heterocycles. The molecule has 0 atom stereocenters. The van der Waals surface area contributed by atoms with Crippen LogP contribution in [0.25, 0.3) is 22.6 Å². The van der Waals surface area contributed by atoms with Crippen molar-refractivity contribution in [3.63, 3.8) is 0 Å². The largest absolute Gasteiger partial charge is 0.493 e. The first-order chi connectivity index (χ1) is 17.4. The molecule has 0 amide bonds. The van der Waals surface area contributed by atoms with Crippen molar-refractivity contribution in [2.45, 2.75) is 20.0 Å². The van der Waals surface area contributed by atoms with E-state index in [-0.39, 0.29) is 30.1 Å². The van der Waals surface area contributed by atoms with Crippen molar-refractivity contribution in [2.24, 2.45) is 0 Å². The van der Waals surface area contributed by atoms with Crippen molar-refractivity contribution in [3.8, 4) is 22.9 Å². The molecule has 5 rings (SSSR count). The van der Waals surface area contributed by atoms with Gasteiger partial charge in [-0.05, 0) is 42.8 Å². The summed E-state index contributed by atoms with van der Waals surface area (Å²) in [6.07, 6.45) is 1.29. The van der Waals surface area contributed by atoms with Gasteiger partial charge in [-0.3, -0.25) is 9.36 Å². The number of fused-ring (bicyclic) bond motifs is 1. The summed E-state index contributed by atoms with van der Waals surface area (Å²) < 4.78 is 45.7. The Hall–Kier alpha value is -4.68. The minimum Gasteiger partial charge on any atom is -0.493 e. The molecule has 0 saturated carbocycles. The van der Waals surface area contributed by atoms with Crippen molar-refractivity contribution in [1.82, 2.24) is 34.7 Å². The number of rotatable bonds is 8. The van der Waals surface area contributed by atoms with Crippen LogP contribution in [0.4, 0.5) is 8.78 Å². The molecule has 11 nitrogen and oxygen atoms in total. The van der Waals surface area contributed by atoms with Crippen LogP contribution < -0.4 is 15.0 Å². The number of methoxy groups -OCH3 is 1. The van der Waals surface area contributed by atoms with E-state index in [1.54, 1.807) is 18.2 Å². The van der Waals surface area contributed by atoms with Crippen LogP contribution in [0.3, 0.4) is 0 Å². The third-order valence-electron chi connectivity index (χ3n) is 5.24. The normalized spacial score (nSPS) is 11.2. The molecule has 0 aliphatic heterocycles. The van der Waals surface area contributed by atoms with Gasteiger partial charge in [0.15, 0.2) is 22.7 Å². The average Bonchev–Trinajstić information content (AvgIpc) is 3.48. The lowest BCUT2D eigenvalue weighted by Gasteiger charge is -2.09. The van der Waals surface area contributed by atoms with Crippen molar-refractivity contribution in [2.75, 3.05) is 13.7 Å². The first-order valence-electron chi connectivity index (χ1n) is 10.8. The molecule has 3 aromatic heterocycles. The van der Waals surface area contributed by atoms with Crippen LogP contribution in [0, 0.1) is 11.6 Å². The van der Waals surface area contributed by atoms with Crippen molar-refractivity contribution in [3.05, 3.63) is 76.2 Å². The van der Waals surface area contributed by atoms with Crippen LogP contribution in [0.15, 0.2) is 52.0 Å². The van der Waals surface area contributed by atoms with E-state index in [4.69, 9.17) is 14.0 Å². The molecule has 0 aliphatic rings. The summed E-state index contributed by atoms with van der Waals surface area (Å²) in [7, 11) is 1.53. The van der Waals surface area contributed by atoms with Crippen molar-refractivity contribution in [1.29, 1.82) is 0 Å².